The molecular weight excluding hydrogens is 175 g/mol. The van der Waals surface area contributed by atoms with Crippen LogP contribution in [0.25, 0.3) is 0 Å². The number of rotatable bonds is 3. The number of hydrogen-bond acceptors (Lipinski definition) is 2. The summed E-state index contributed by atoms with van der Waals surface area (Å²) in [5.41, 5.74) is 0.906. The SMILES string of the molecule is CSCOc1ccc(C)cc1F. The van der Waals surface area contributed by atoms with Crippen molar-refractivity contribution in [2.45, 2.75) is 6.92 Å². The number of hydrogen-bond donors (Lipinski definition) is 0. The Morgan fingerprint density at radius 2 is 2.25 bits per heavy atom. The Kier molecular flexibility index (Phi) is 3.41. The Morgan fingerprint density at radius 1 is 1.50 bits per heavy atom. The molecule has 0 radical (unpaired) electrons. The predicted octanol–water partition coefficient (Wildman–Crippen LogP) is 2.83. The highest BCUT2D eigenvalue weighted by Gasteiger charge is 2.01. The van der Waals surface area contributed by atoms with Gasteiger partial charge in [-0.15, -0.1) is 11.8 Å². The Morgan fingerprint density at radius 3 is 2.83 bits per heavy atom. The van der Waals surface area contributed by atoms with Gasteiger partial charge in [-0.1, -0.05) is 6.07 Å². The first-order valence-electron chi connectivity index (χ1n) is 3.62. The van der Waals surface area contributed by atoms with E-state index in [0.717, 1.165) is 5.56 Å². The molecule has 0 saturated carbocycles. The maximum atomic E-state index is 13.0. The molecule has 0 aromatic heterocycles. The van der Waals surface area contributed by atoms with Crippen LogP contribution < -0.4 is 4.74 Å². The topological polar surface area (TPSA) is 9.23 Å². The van der Waals surface area contributed by atoms with Crippen molar-refractivity contribution in [2.75, 3.05) is 12.2 Å². The first-order valence-corrected chi connectivity index (χ1v) is 5.01. The van der Waals surface area contributed by atoms with Crippen LogP contribution >= 0.6 is 11.8 Å². The van der Waals surface area contributed by atoms with Crippen LogP contribution in [0.3, 0.4) is 0 Å². The molecule has 1 rings (SSSR count). The largest absolute Gasteiger partial charge is 0.480 e. The van der Waals surface area contributed by atoms with Crippen LogP contribution in [0.15, 0.2) is 18.2 Å². The molecule has 1 aromatic rings. The lowest BCUT2D eigenvalue weighted by molar-refractivity contribution is 0.368. The summed E-state index contributed by atoms with van der Waals surface area (Å²) in [6, 6.07) is 4.95. The molecule has 0 aliphatic heterocycles. The molecule has 0 heterocycles. The molecule has 0 spiro atoms. The van der Waals surface area contributed by atoms with Crippen LogP contribution in [0, 0.1) is 12.7 Å². The summed E-state index contributed by atoms with van der Waals surface area (Å²) in [4.78, 5) is 0. The van der Waals surface area contributed by atoms with Crippen molar-refractivity contribution in [3.63, 3.8) is 0 Å². The van der Waals surface area contributed by atoms with Gasteiger partial charge in [-0.3, -0.25) is 0 Å². The summed E-state index contributed by atoms with van der Waals surface area (Å²) in [5.74, 6) is 0.527. The molecule has 0 atom stereocenters. The van der Waals surface area contributed by atoms with Crippen LogP contribution in [0.2, 0.25) is 0 Å². The standard InChI is InChI=1S/C9H11FOS/c1-7-3-4-9(8(10)5-7)11-6-12-2/h3-5H,6H2,1-2H3. The fourth-order valence-corrected chi connectivity index (χ4v) is 1.09. The van der Waals surface area contributed by atoms with E-state index in [2.05, 4.69) is 0 Å². The molecule has 0 amide bonds. The van der Waals surface area contributed by atoms with E-state index in [1.54, 1.807) is 6.07 Å². The zero-order chi connectivity index (χ0) is 8.97. The molecular formula is C9H11FOS. The molecule has 12 heavy (non-hydrogen) atoms. The number of ether oxygens (including phenoxy) is 1. The summed E-state index contributed by atoms with van der Waals surface area (Å²) in [5, 5.41) is 0. The molecule has 0 aliphatic rings. The second-order valence-electron chi connectivity index (χ2n) is 2.48. The highest BCUT2D eigenvalue weighted by atomic mass is 32.2. The molecule has 0 aliphatic carbocycles. The normalized spacial score (nSPS) is 9.92. The molecule has 0 bridgehead atoms. The molecule has 66 valence electrons. The van der Waals surface area contributed by atoms with Crippen LogP contribution in [-0.4, -0.2) is 12.2 Å². The minimum Gasteiger partial charge on any atom is -0.480 e. The third kappa shape index (κ3) is 2.41. The van der Waals surface area contributed by atoms with Gasteiger partial charge in [0.25, 0.3) is 0 Å². The third-order valence-corrected chi connectivity index (χ3v) is 1.77. The Bertz CT molecular complexity index is 263. The summed E-state index contributed by atoms with van der Waals surface area (Å²) in [6.07, 6.45) is 1.91. The van der Waals surface area contributed by atoms with Gasteiger partial charge in [0.1, 0.15) is 5.94 Å². The molecule has 0 fully saturated rings. The summed E-state index contributed by atoms with van der Waals surface area (Å²) in [7, 11) is 0. The fourth-order valence-electron chi connectivity index (χ4n) is 0.845. The summed E-state index contributed by atoms with van der Waals surface area (Å²) < 4.78 is 18.2. The smallest absolute Gasteiger partial charge is 0.165 e. The second-order valence-corrected chi connectivity index (χ2v) is 3.30. The minimum absolute atomic E-state index is 0.288. The lowest BCUT2D eigenvalue weighted by atomic mass is 10.2. The average Bonchev–Trinajstić information content (AvgIpc) is 2.03. The molecule has 0 N–H and O–H groups in total. The molecule has 1 nitrogen and oxygen atoms in total. The molecule has 0 unspecified atom stereocenters. The van der Waals surface area contributed by atoms with E-state index in [0.29, 0.717) is 11.7 Å². The Labute approximate surface area is 75.9 Å². The van der Waals surface area contributed by atoms with Crippen molar-refractivity contribution in [1.29, 1.82) is 0 Å². The zero-order valence-corrected chi connectivity index (χ0v) is 7.95. The van der Waals surface area contributed by atoms with Crippen LogP contribution in [0.5, 0.6) is 5.75 Å². The van der Waals surface area contributed by atoms with Gasteiger partial charge in [0.05, 0.1) is 0 Å². The Balaban J connectivity index is 2.72. The van der Waals surface area contributed by atoms with E-state index in [4.69, 9.17) is 4.74 Å². The van der Waals surface area contributed by atoms with Gasteiger partial charge in [0.15, 0.2) is 11.6 Å². The first kappa shape index (κ1) is 9.39. The van der Waals surface area contributed by atoms with Gasteiger partial charge in [-0.2, -0.15) is 0 Å². The first-order chi connectivity index (χ1) is 5.74. The Hall–Kier alpha value is -0.700. The molecule has 0 saturated heterocycles. The van der Waals surface area contributed by atoms with Crippen LogP contribution in [0.1, 0.15) is 5.56 Å². The summed E-state index contributed by atoms with van der Waals surface area (Å²) >= 11 is 1.52. The average molecular weight is 186 g/mol. The quantitative estimate of drug-likeness (QED) is 0.671. The van der Waals surface area contributed by atoms with Crippen molar-refractivity contribution in [3.05, 3.63) is 29.6 Å². The maximum Gasteiger partial charge on any atom is 0.165 e. The zero-order valence-electron chi connectivity index (χ0n) is 7.13. The van der Waals surface area contributed by atoms with Gasteiger partial charge in [-0.25, -0.2) is 4.39 Å². The van der Waals surface area contributed by atoms with Gasteiger partial charge < -0.3 is 4.74 Å². The van der Waals surface area contributed by atoms with Gasteiger partial charge in [-0.05, 0) is 30.9 Å². The minimum atomic E-state index is -0.288. The van der Waals surface area contributed by atoms with E-state index < -0.39 is 0 Å². The van der Waals surface area contributed by atoms with E-state index in [1.807, 2.05) is 19.2 Å². The number of halogens is 1. The molecule has 3 heteroatoms. The van der Waals surface area contributed by atoms with E-state index in [-0.39, 0.29) is 5.82 Å². The van der Waals surface area contributed by atoms with Crippen LogP contribution in [0.4, 0.5) is 4.39 Å². The van der Waals surface area contributed by atoms with Crippen molar-refractivity contribution in [1.82, 2.24) is 0 Å². The number of benzene rings is 1. The van der Waals surface area contributed by atoms with Crippen molar-refractivity contribution in [3.8, 4) is 5.75 Å². The van der Waals surface area contributed by atoms with Gasteiger partial charge in [0, 0.05) is 0 Å². The maximum absolute atomic E-state index is 13.0. The van der Waals surface area contributed by atoms with E-state index >= 15 is 0 Å². The van der Waals surface area contributed by atoms with E-state index in [9.17, 15) is 4.39 Å². The molecule has 1 aromatic carbocycles. The second kappa shape index (κ2) is 4.36. The lowest BCUT2D eigenvalue weighted by Crippen LogP contribution is -1.94. The number of thioether (sulfide) groups is 1. The van der Waals surface area contributed by atoms with Gasteiger partial charge >= 0.3 is 0 Å². The number of aryl methyl sites for hydroxylation is 1. The predicted molar refractivity (Wildman–Crippen MR) is 50.1 cm³/mol. The van der Waals surface area contributed by atoms with Gasteiger partial charge in [0.2, 0.25) is 0 Å². The van der Waals surface area contributed by atoms with Crippen molar-refractivity contribution < 1.29 is 9.13 Å². The monoisotopic (exact) mass is 186 g/mol. The highest BCUT2D eigenvalue weighted by Crippen LogP contribution is 2.18. The van der Waals surface area contributed by atoms with Crippen LogP contribution in [-0.2, 0) is 0 Å². The van der Waals surface area contributed by atoms with Crippen molar-refractivity contribution in [2.24, 2.45) is 0 Å². The van der Waals surface area contributed by atoms with Crippen molar-refractivity contribution >= 4 is 11.8 Å². The highest BCUT2D eigenvalue weighted by molar-refractivity contribution is 7.98. The van der Waals surface area contributed by atoms with E-state index in [1.165, 1.54) is 17.8 Å². The summed E-state index contributed by atoms with van der Waals surface area (Å²) in [6.45, 7) is 1.85. The lowest BCUT2D eigenvalue weighted by Gasteiger charge is -2.05. The third-order valence-electron chi connectivity index (χ3n) is 1.42. The fraction of sp³-hybridized carbons (Fsp3) is 0.333.